The highest BCUT2D eigenvalue weighted by Gasteiger charge is 2.20. The molecular weight excluding hydrogens is 392 g/mol. The van der Waals surface area contributed by atoms with E-state index in [9.17, 15) is 13.2 Å². The lowest BCUT2D eigenvalue weighted by Gasteiger charge is -2.18. The second-order valence-corrected chi connectivity index (χ2v) is 9.51. The van der Waals surface area contributed by atoms with Crippen molar-refractivity contribution in [3.8, 4) is 0 Å². The minimum atomic E-state index is -3.17. The van der Waals surface area contributed by atoms with Crippen LogP contribution in [-0.4, -0.2) is 32.1 Å². The quantitative estimate of drug-likeness (QED) is 0.635. The van der Waals surface area contributed by atoms with E-state index in [4.69, 9.17) is 11.6 Å². The highest BCUT2D eigenvalue weighted by Crippen LogP contribution is 2.31. The van der Waals surface area contributed by atoms with E-state index < -0.39 is 9.84 Å². The number of hydrogen-bond donors (Lipinski definition) is 0. The molecule has 1 aromatic heterocycles. The number of halogens is 1. The minimum absolute atomic E-state index is 0.0973. The third-order valence-corrected chi connectivity index (χ3v) is 5.89. The molecule has 1 heterocycles. The Labute approximate surface area is 161 Å². The Morgan fingerprint density at radius 1 is 1.23 bits per heavy atom. The standard InChI is InChI=1S/C18H17ClN2O3S2/c1-3-21(18-20-15-10-14(19)7-8-16(15)25-18)17(22)13-6-4-5-12(9-13)11-26(2,23)24/h4-10H,3,11H2,1-2H3. The highest BCUT2D eigenvalue weighted by molar-refractivity contribution is 7.89. The van der Waals surface area contributed by atoms with E-state index in [0.29, 0.717) is 27.8 Å². The summed E-state index contributed by atoms with van der Waals surface area (Å²) in [7, 11) is -3.17. The molecule has 0 saturated carbocycles. The molecule has 0 fully saturated rings. The van der Waals surface area contributed by atoms with Crippen molar-refractivity contribution in [2.45, 2.75) is 12.7 Å². The van der Waals surface area contributed by atoms with E-state index in [1.54, 1.807) is 41.3 Å². The molecule has 0 unspecified atom stereocenters. The molecule has 0 bridgehead atoms. The van der Waals surface area contributed by atoms with Crippen molar-refractivity contribution in [3.63, 3.8) is 0 Å². The van der Waals surface area contributed by atoms with Crippen LogP contribution in [0.15, 0.2) is 42.5 Å². The number of thiazole rings is 1. The number of benzene rings is 2. The number of sulfone groups is 1. The van der Waals surface area contributed by atoms with Gasteiger partial charge >= 0.3 is 0 Å². The van der Waals surface area contributed by atoms with Gasteiger partial charge in [-0.25, -0.2) is 13.4 Å². The molecule has 0 saturated heterocycles. The Bertz CT molecular complexity index is 1080. The number of nitrogens with zero attached hydrogens (tertiary/aromatic N) is 2. The van der Waals surface area contributed by atoms with Gasteiger partial charge in [0.15, 0.2) is 15.0 Å². The van der Waals surface area contributed by atoms with Crippen molar-refractivity contribution >= 4 is 54.0 Å². The molecule has 1 amide bonds. The van der Waals surface area contributed by atoms with Gasteiger partial charge in [-0.1, -0.05) is 35.1 Å². The van der Waals surface area contributed by atoms with E-state index in [2.05, 4.69) is 4.98 Å². The lowest BCUT2D eigenvalue weighted by Crippen LogP contribution is -2.30. The highest BCUT2D eigenvalue weighted by atomic mass is 35.5. The van der Waals surface area contributed by atoms with Gasteiger partial charge in [0.25, 0.3) is 5.91 Å². The smallest absolute Gasteiger partial charge is 0.260 e. The molecule has 0 aliphatic rings. The molecule has 26 heavy (non-hydrogen) atoms. The third kappa shape index (κ3) is 4.23. The second kappa shape index (κ2) is 7.34. The number of fused-ring (bicyclic) bond motifs is 1. The summed E-state index contributed by atoms with van der Waals surface area (Å²) in [5.74, 6) is -0.312. The van der Waals surface area contributed by atoms with Crippen LogP contribution in [0.2, 0.25) is 5.02 Å². The van der Waals surface area contributed by atoms with E-state index in [0.717, 1.165) is 10.2 Å². The van der Waals surface area contributed by atoms with Gasteiger partial charge in [-0.15, -0.1) is 0 Å². The van der Waals surface area contributed by atoms with Crippen molar-refractivity contribution in [3.05, 3.63) is 58.6 Å². The zero-order chi connectivity index (χ0) is 18.9. The van der Waals surface area contributed by atoms with Crippen LogP contribution in [-0.2, 0) is 15.6 Å². The predicted molar refractivity (Wildman–Crippen MR) is 107 cm³/mol. The number of rotatable bonds is 5. The molecule has 0 aliphatic heterocycles. The Balaban J connectivity index is 1.94. The number of amides is 1. The van der Waals surface area contributed by atoms with Gasteiger partial charge in [0.05, 0.1) is 16.0 Å². The summed E-state index contributed by atoms with van der Waals surface area (Å²) in [6.07, 6.45) is 1.17. The van der Waals surface area contributed by atoms with Crippen molar-refractivity contribution < 1.29 is 13.2 Å². The monoisotopic (exact) mass is 408 g/mol. The molecule has 3 rings (SSSR count). The van der Waals surface area contributed by atoms with Gasteiger partial charge in [-0.05, 0) is 42.8 Å². The van der Waals surface area contributed by atoms with E-state index >= 15 is 0 Å². The maximum atomic E-state index is 13.0. The molecular formula is C18H17ClN2O3S2. The fraction of sp³-hybridized carbons (Fsp3) is 0.222. The Morgan fingerprint density at radius 3 is 2.69 bits per heavy atom. The molecule has 0 atom stereocenters. The maximum absolute atomic E-state index is 13.0. The fourth-order valence-corrected chi connectivity index (χ4v) is 4.58. The molecule has 0 spiro atoms. The molecule has 5 nitrogen and oxygen atoms in total. The lowest BCUT2D eigenvalue weighted by atomic mass is 10.1. The number of hydrogen-bond acceptors (Lipinski definition) is 5. The Hall–Kier alpha value is -1.96. The Kier molecular flexibility index (Phi) is 5.32. The summed E-state index contributed by atoms with van der Waals surface area (Å²) < 4.78 is 24.0. The van der Waals surface area contributed by atoms with Crippen LogP contribution in [0.3, 0.4) is 0 Å². The average molecular weight is 409 g/mol. The van der Waals surface area contributed by atoms with Crippen LogP contribution in [0.25, 0.3) is 10.2 Å². The normalized spacial score (nSPS) is 11.7. The molecule has 136 valence electrons. The Morgan fingerprint density at radius 2 is 2.00 bits per heavy atom. The summed E-state index contributed by atoms with van der Waals surface area (Å²) in [6.45, 7) is 2.32. The first-order valence-corrected chi connectivity index (χ1v) is 11.2. The van der Waals surface area contributed by atoms with Gasteiger partial charge < -0.3 is 0 Å². The maximum Gasteiger partial charge on any atom is 0.260 e. The summed E-state index contributed by atoms with van der Waals surface area (Å²) >= 11 is 7.42. The molecule has 8 heteroatoms. The van der Waals surface area contributed by atoms with E-state index in [-0.39, 0.29) is 11.7 Å². The molecule has 0 radical (unpaired) electrons. The SMILES string of the molecule is CCN(C(=O)c1cccc(CS(C)(=O)=O)c1)c1nc2cc(Cl)ccc2s1. The molecule has 0 aliphatic carbocycles. The van der Waals surface area contributed by atoms with Crippen LogP contribution >= 0.6 is 22.9 Å². The van der Waals surface area contributed by atoms with Crippen LogP contribution in [0.1, 0.15) is 22.8 Å². The molecule has 2 aromatic carbocycles. The van der Waals surface area contributed by atoms with Crippen molar-refractivity contribution in [2.24, 2.45) is 0 Å². The summed E-state index contributed by atoms with van der Waals surface area (Å²) in [4.78, 5) is 19.1. The predicted octanol–water partition coefficient (Wildman–Crippen LogP) is 4.16. The summed E-state index contributed by atoms with van der Waals surface area (Å²) in [6, 6.07) is 12.1. The summed E-state index contributed by atoms with van der Waals surface area (Å²) in [5.41, 5.74) is 1.77. The minimum Gasteiger partial charge on any atom is -0.284 e. The topological polar surface area (TPSA) is 67.3 Å². The van der Waals surface area contributed by atoms with Crippen LogP contribution < -0.4 is 4.90 Å². The molecule has 3 aromatic rings. The van der Waals surface area contributed by atoms with Crippen LogP contribution in [0.4, 0.5) is 5.13 Å². The number of carbonyl (C=O) groups is 1. The van der Waals surface area contributed by atoms with Gasteiger partial charge in [0.2, 0.25) is 0 Å². The van der Waals surface area contributed by atoms with Gasteiger partial charge in [0.1, 0.15) is 0 Å². The summed E-state index contributed by atoms with van der Waals surface area (Å²) in [5, 5.41) is 1.18. The van der Waals surface area contributed by atoms with Crippen molar-refractivity contribution in [1.29, 1.82) is 0 Å². The number of aromatic nitrogens is 1. The zero-order valence-electron chi connectivity index (χ0n) is 14.3. The van der Waals surface area contributed by atoms with Crippen molar-refractivity contribution in [2.75, 3.05) is 17.7 Å². The lowest BCUT2D eigenvalue weighted by molar-refractivity contribution is 0.0988. The first-order chi connectivity index (χ1) is 12.3. The van der Waals surface area contributed by atoms with Crippen molar-refractivity contribution in [1.82, 2.24) is 4.98 Å². The largest absolute Gasteiger partial charge is 0.284 e. The zero-order valence-corrected chi connectivity index (χ0v) is 16.7. The van der Waals surface area contributed by atoms with E-state index in [1.165, 1.54) is 17.6 Å². The van der Waals surface area contributed by atoms with Crippen LogP contribution in [0, 0.1) is 0 Å². The third-order valence-electron chi connectivity index (χ3n) is 3.73. The molecule has 0 N–H and O–H groups in total. The first-order valence-electron chi connectivity index (χ1n) is 7.91. The number of anilines is 1. The first kappa shape index (κ1) is 18.8. The number of carbonyl (C=O) groups excluding carboxylic acids is 1. The van der Waals surface area contributed by atoms with E-state index in [1.807, 2.05) is 13.0 Å². The van der Waals surface area contributed by atoms with Crippen LogP contribution in [0.5, 0.6) is 0 Å². The average Bonchev–Trinajstić information content (AvgIpc) is 2.96. The second-order valence-electron chi connectivity index (χ2n) is 5.93. The van der Waals surface area contributed by atoms with Gasteiger partial charge in [-0.2, -0.15) is 0 Å². The van der Waals surface area contributed by atoms with Gasteiger partial charge in [0, 0.05) is 23.4 Å². The van der Waals surface area contributed by atoms with Gasteiger partial charge in [-0.3, -0.25) is 9.69 Å². The fourth-order valence-electron chi connectivity index (χ4n) is 2.62.